The van der Waals surface area contributed by atoms with Gasteiger partial charge in [-0.25, -0.2) is 0 Å². The van der Waals surface area contributed by atoms with Crippen molar-refractivity contribution in [3.05, 3.63) is 0 Å². The van der Waals surface area contributed by atoms with Gasteiger partial charge in [-0.3, -0.25) is 4.79 Å². The van der Waals surface area contributed by atoms with Crippen LogP contribution in [-0.2, 0) is 4.79 Å². The lowest BCUT2D eigenvalue weighted by molar-refractivity contribution is -0.124. The third kappa shape index (κ3) is 3.19. The second-order valence-corrected chi connectivity index (χ2v) is 5.03. The Morgan fingerprint density at radius 1 is 1.19 bits per heavy atom. The summed E-state index contributed by atoms with van der Waals surface area (Å²) < 4.78 is 0. The fraction of sp³-hybridized carbons (Fsp3) is 0.917. The summed E-state index contributed by atoms with van der Waals surface area (Å²) >= 11 is 0. The molecule has 2 unspecified atom stereocenters. The normalized spacial score (nSPS) is 35.7. The molecule has 2 rings (SSSR count). The molecule has 0 spiro atoms. The van der Waals surface area contributed by atoms with Crippen LogP contribution in [0.15, 0.2) is 0 Å². The highest BCUT2D eigenvalue weighted by molar-refractivity contribution is 5.82. The zero-order valence-electron chi connectivity index (χ0n) is 9.74. The lowest BCUT2D eigenvalue weighted by atomic mass is 9.92. The van der Waals surface area contributed by atoms with Gasteiger partial charge in [-0.2, -0.15) is 0 Å². The Hall–Kier alpha value is -0.610. The summed E-state index contributed by atoms with van der Waals surface area (Å²) in [5, 5.41) is 15.8. The molecule has 1 saturated carbocycles. The number of aliphatic hydroxyl groups excluding tert-OH is 1. The lowest BCUT2D eigenvalue weighted by Gasteiger charge is -2.29. The van der Waals surface area contributed by atoms with E-state index in [9.17, 15) is 9.90 Å². The minimum Gasteiger partial charge on any atom is -0.393 e. The molecule has 3 atom stereocenters. The smallest absolute Gasteiger partial charge is 0.237 e. The summed E-state index contributed by atoms with van der Waals surface area (Å²) in [6.45, 7) is 0.950. The molecule has 0 bridgehead atoms. The van der Waals surface area contributed by atoms with Gasteiger partial charge in [0.25, 0.3) is 0 Å². The highest BCUT2D eigenvalue weighted by Crippen LogP contribution is 2.18. The SMILES string of the molecule is O=C(NC1CCCC(O)C1)[C@@H]1CCCCN1. The summed E-state index contributed by atoms with van der Waals surface area (Å²) in [7, 11) is 0. The third-order valence-electron chi connectivity index (χ3n) is 3.62. The van der Waals surface area contributed by atoms with Gasteiger partial charge in [0.2, 0.25) is 5.91 Å². The predicted molar refractivity (Wildman–Crippen MR) is 62.0 cm³/mol. The van der Waals surface area contributed by atoms with Crippen LogP contribution in [-0.4, -0.2) is 35.7 Å². The molecule has 1 aliphatic carbocycles. The van der Waals surface area contributed by atoms with Crippen LogP contribution in [0, 0.1) is 0 Å². The van der Waals surface area contributed by atoms with E-state index in [1.807, 2.05) is 0 Å². The van der Waals surface area contributed by atoms with E-state index in [1.165, 1.54) is 6.42 Å². The molecule has 92 valence electrons. The Bertz CT molecular complexity index is 239. The molecule has 1 aliphatic heterocycles. The molecular weight excluding hydrogens is 204 g/mol. The molecule has 1 amide bonds. The van der Waals surface area contributed by atoms with Crippen molar-refractivity contribution in [2.24, 2.45) is 0 Å². The van der Waals surface area contributed by atoms with Crippen molar-refractivity contribution in [2.45, 2.75) is 63.1 Å². The Labute approximate surface area is 96.8 Å². The van der Waals surface area contributed by atoms with Crippen molar-refractivity contribution in [3.63, 3.8) is 0 Å². The van der Waals surface area contributed by atoms with Gasteiger partial charge in [0, 0.05) is 6.04 Å². The first-order chi connectivity index (χ1) is 7.75. The number of rotatable bonds is 2. The third-order valence-corrected chi connectivity index (χ3v) is 3.62. The number of nitrogens with one attached hydrogen (secondary N) is 2. The maximum absolute atomic E-state index is 11.9. The van der Waals surface area contributed by atoms with E-state index in [4.69, 9.17) is 0 Å². The summed E-state index contributed by atoms with van der Waals surface area (Å²) in [6, 6.07) is 0.174. The lowest BCUT2D eigenvalue weighted by Crippen LogP contribution is -2.50. The average molecular weight is 226 g/mol. The highest BCUT2D eigenvalue weighted by atomic mass is 16.3. The molecule has 0 aromatic heterocycles. The van der Waals surface area contributed by atoms with Crippen LogP contribution in [0.2, 0.25) is 0 Å². The van der Waals surface area contributed by atoms with E-state index in [0.717, 1.165) is 45.1 Å². The number of carbonyl (C=O) groups is 1. The molecular formula is C12H22N2O2. The minimum atomic E-state index is -0.224. The Morgan fingerprint density at radius 3 is 2.75 bits per heavy atom. The van der Waals surface area contributed by atoms with E-state index < -0.39 is 0 Å². The van der Waals surface area contributed by atoms with Crippen LogP contribution in [0.5, 0.6) is 0 Å². The highest BCUT2D eigenvalue weighted by Gasteiger charge is 2.25. The van der Waals surface area contributed by atoms with Gasteiger partial charge in [-0.1, -0.05) is 6.42 Å². The van der Waals surface area contributed by atoms with Crippen molar-refractivity contribution in [2.75, 3.05) is 6.54 Å². The second-order valence-electron chi connectivity index (χ2n) is 5.03. The van der Waals surface area contributed by atoms with Crippen molar-refractivity contribution < 1.29 is 9.90 Å². The van der Waals surface area contributed by atoms with Gasteiger partial charge in [0.05, 0.1) is 12.1 Å². The Kier molecular flexibility index (Phi) is 4.18. The van der Waals surface area contributed by atoms with Crippen LogP contribution in [0.1, 0.15) is 44.9 Å². The van der Waals surface area contributed by atoms with E-state index in [-0.39, 0.29) is 24.1 Å². The van der Waals surface area contributed by atoms with Gasteiger partial charge >= 0.3 is 0 Å². The molecule has 0 radical (unpaired) electrons. The average Bonchev–Trinajstić information content (AvgIpc) is 2.30. The first-order valence-corrected chi connectivity index (χ1v) is 6.47. The van der Waals surface area contributed by atoms with E-state index in [1.54, 1.807) is 0 Å². The van der Waals surface area contributed by atoms with Crippen molar-refractivity contribution in [3.8, 4) is 0 Å². The Morgan fingerprint density at radius 2 is 2.06 bits per heavy atom. The predicted octanol–water partition coefficient (Wildman–Crippen LogP) is 0.548. The molecule has 16 heavy (non-hydrogen) atoms. The first kappa shape index (κ1) is 11.9. The van der Waals surface area contributed by atoms with Crippen molar-refractivity contribution in [1.29, 1.82) is 0 Å². The topological polar surface area (TPSA) is 61.4 Å². The van der Waals surface area contributed by atoms with E-state index in [2.05, 4.69) is 10.6 Å². The number of hydrogen-bond donors (Lipinski definition) is 3. The van der Waals surface area contributed by atoms with Gasteiger partial charge in [0.15, 0.2) is 0 Å². The number of aliphatic hydroxyl groups is 1. The van der Waals surface area contributed by atoms with Crippen LogP contribution >= 0.6 is 0 Å². The molecule has 2 fully saturated rings. The second kappa shape index (κ2) is 5.64. The van der Waals surface area contributed by atoms with Crippen LogP contribution in [0.3, 0.4) is 0 Å². The quantitative estimate of drug-likeness (QED) is 0.644. The molecule has 4 nitrogen and oxygen atoms in total. The standard InChI is InChI=1S/C12H22N2O2/c15-10-5-3-4-9(8-10)14-12(16)11-6-1-2-7-13-11/h9-11,13,15H,1-8H2,(H,14,16)/t9?,10?,11-/m0/s1. The van der Waals surface area contributed by atoms with Crippen molar-refractivity contribution in [1.82, 2.24) is 10.6 Å². The number of hydrogen-bond acceptors (Lipinski definition) is 3. The molecule has 0 aromatic carbocycles. The molecule has 2 aliphatic rings. The molecule has 1 saturated heterocycles. The van der Waals surface area contributed by atoms with E-state index >= 15 is 0 Å². The fourth-order valence-corrected chi connectivity index (χ4v) is 2.67. The number of piperidine rings is 1. The molecule has 1 heterocycles. The number of carbonyl (C=O) groups excluding carboxylic acids is 1. The summed E-state index contributed by atoms with van der Waals surface area (Å²) in [6.07, 6.45) is 6.66. The minimum absolute atomic E-state index is 0.00665. The maximum atomic E-state index is 11.9. The maximum Gasteiger partial charge on any atom is 0.237 e. The molecule has 0 aromatic rings. The van der Waals surface area contributed by atoms with Crippen LogP contribution < -0.4 is 10.6 Å². The Balaban J connectivity index is 1.77. The van der Waals surface area contributed by atoms with Gasteiger partial charge in [-0.05, 0) is 45.1 Å². The molecule has 3 N–H and O–H groups in total. The zero-order valence-corrected chi connectivity index (χ0v) is 9.74. The van der Waals surface area contributed by atoms with E-state index in [0.29, 0.717) is 0 Å². The molecule has 4 heteroatoms. The summed E-state index contributed by atoms with van der Waals surface area (Å²) in [5.74, 6) is 0.124. The van der Waals surface area contributed by atoms with Gasteiger partial charge in [0.1, 0.15) is 0 Å². The fourth-order valence-electron chi connectivity index (χ4n) is 2.67. The summed E-state index contributed by atoms with van der Waals surface area (Å²) in [5.41, 5.74) is 0. The van der Waals surface area contributed by atoms with Gasteiger partial charge < -0.3 is 15.7 Å². The monoisotopic (exact) mass is 226 g/mol. The zero-order chi connectivity index (χ0) is 11.4. The summed E-state index contributed by atoms with van der Waals surface area (Å²) in [4.78, 5) is 11.9. The van der Waals surface area contributed by atoms with Crippen LogP contribution in [0.25, 0.3) is 0 Å². The first-order valence-electron chi connectivity index (χ1n) is 6.47. The largest absolute Gasteiger partial charge is 0.393 e. The van der Waals surface area contributed by atoms with Crippen molar-refractivity contribution >= 4 is 5.91 Å². The number of amides is 1. The van der Waals surface area contributed by atoms with Crippen LogP contribution in [0.4, 0.5) is 0 Å². The van der Waals surface area contributed by atoms with Gasteiger partial charge in [-0.15, -0.1) is 0 Å².